The monoisotopic (exact) mass is 548 g/mol. The van der Waals surface area contributed by atoms with Crippen LogP contribution >= 0.6 is 0 Å². The van der Waals surface area contributed by atoms with Gasteiger partial charge in [0.2, 0.25) is 0 Å². The molecular formula is C32H46SiZr-6. The van der Waals surface area contributed by atoms with E-state index in [0.717, 1.165) is 25.7 Å². The van der Waals surface area contributed by atoms with Crippen molar-refractivity contribution in [3.63, 3.8) is 0 Å². The van der Waals surface area contributed by atoms with Crippen LogP contribution in [-0.4, -0.2) is 6.88 Å². The molecule has 0 amide bonds. The van der Waals surface area contributed by atoms with Crippen molar-refractivity contribution in [2.45, 2.75) is 66.2 Å². The molecule has 4 rings (SSSR count). The Kier molecular flexibility index (Phi) is 27.3. The standard InChI is InChI=1S/2C11H11.2C4H9.2CH3.Si.Zr/c2*1-2-9-7-10-5-3-4-6-11(10)8-9;2*1-3-4-2;;;;/h2*3-8H,2H2,1H3;2*1,3-4H2,2H3;2*1H3;;/q6*-1;;. The SMILES string of the molecule is CCc1cc2ccccc2[cH-]1.CCc1cc2ccccc2[cH-]1.[CH2-]CCC.[CH2-]CCC.[CH3-].[CH3-].[Si]=[Zr]. The Morgan fingerprint density at radius 3 is 1.18 bits per heavy atom. The molecule has 2 heteroatoms. The summed E-state index contributed by atoms with van der Waals surface area (Å²) in [6, 6.07) is 26.0. The molecule has 0 saturated heterocycles. The molecule has 0 saturated carbocycles. The predicted octanol–water partition coefficient (Wildman–Crippen LogP) is 10.0. The van der Waals surface area contributed by atoms with E-state index in [9.17, 15) is 0 Å². The first-order chi connectivity index (χ1) is 15.6. The third-order valence-electron chi connectivity index (χ3n) is 4.88. The molecule has 4 aromatic carbocycles. The van der Waals surface area contributed by atoms with Crippen LogP contribution in [0.5, 0.6) is 0 Å². The average molecular weight is 550 g/mol. The Hall–Kier alpha value is -1.24. The summed E-state index contributed by atoms with van der Waals surface area (Å²) in [4.78, 5) is 0. The van der Waals surface area contributed by atoms with Gasteiger partial charge in [-0.05, 0) is 12.8 Å². The van der Waals surface area contributed by atoms with E-state index in [0.29, 0.717) is 0 Å². The zero-order valence-corrected chi connectivity index (χ0v) is 26.0. The van der Waals surface area contributed by atoms with Crippen molar-refractivity contribution in [2.24, 2.45) is 0 Å². The Labute approximate surface area is 229 Å². The molecule has 0 heterocycles. The molecular weight excluding hydrogens is 504 g/mol. The van der Waals surface area contributed by atoms with E-state index in [-0.39, 0.29) is 14.9 Å². The van der Waals surface area contributed by atoms with E-state index in [1.165, 1.54) is 68.8 Å². The van der Waals surface area contributed by atoms with Gasteiger partial charge in [0.05, 0.1) is 0 Å². The van der Waals surface area contributed by atoms with Gasteiger partial charge in [-0.1, -0.05) is 52.7 Å². The van der Waals surface area contributed by atoms with Gasteiger partial charge in [0.25, 0.3) is 0 Å². The second-order valence-corrected chi connectivity index (χ2v) is 7.40. The van der Waals surface area contributed by atoms with Gasteiger partial charge in [0.1, 0.15) is 0 Å². The Balaban J connectivity index is -0.000000395. The van der Waals surface area contributed by atoms with E-state index in [2.05, 4.69) is 121 Å². The minimum atomic E-state index is 0. The first kappa shape index (κ1) is 37.3. The number of rotatable bonds is 4. The number of fused-ring (bicyclic) bond motifs is 2. The van der Waals surface area contributed by atoms with Gasteiger partial charge in [0.15, 0.2) is 0 Å². The van der Waals surface area contributed by atoms with E-state index in [1.54, 1.807) is 0 Å². The maximum absolute atomic E-state index is 3.60. The van der Waals surface area contributed by atoms with Crippen LogP contribution in [0.25, 0.3) is 21.5 Å². The van der Waals surface area contributed by atoms with Crippen LogP contribution in [0, 0.1) is 28.7 Å². The van der Waals surface area contributed by atoms with Crippen molar-refractivity contribution in [3.8, 4) is 0 Å². The number of aryl methyl sites for hydroxylation is 2. The van der Waals surface area contributed by atoms with E-state index >= 15 is 0 Å². The number of hydrogen-bond acceptors (Lipinski definition) is 0. The van der Waals surface area contributed by atoms with Gasteiger partial charge in [-0.2, -0.15) is 25.0 Å². The first-order valence-electron chi connectivity index (χ1n) is 11.7. The van der Waals surface area contributed by atoms with Crippen molar-refractivity contribution in [1.82, 2.24) is 0 Å². The van der Waals surface area contributed by atoms with Gasteiger partial charge in [-0.25, -0.2) is 0 Å². The maximum atomic E-state index is 3.60. The first-order valence-corrected chi connectivity index (χ1v) is 15.9. The quantitative estimate of drug-likeness (QED) is 0.175. The zero-order valence-electron chi connectivity index (χ0n) is 22.6. The zero-order chi connectivity index (χ0) is 24.2. The molecule has 4 aromatic rings. The molecule has 34 heavy (non-hydrogen) atoms. The summed E-state index contributed by atoms with van der Waals surface area (Å²) in [5, 5.41) is 5.46. The summed E-state index contributed by atoms with van der Waals surface area (Å²) in [7, 11) is 0. The second-order valence-electron chi connectivity index (χ2n) is 7.40. The molecule has 0 fully saturated rings. The van der Waals surface area contributed by atoms with Crippen LogP contribution in [0.4, 0.5) is 0 Å². The summed E-state index contributed by atoms with van der Waals surface area (Å²) in [5.74, 6) is 0. The van der Waals surface area contributed by atoms with Crippen LogP contribution in [0.15, 0.2) is 72.8 Å². The molecule has 0 aromatic heterocycles. The van der Waals surface area contributed by atoms with Crippen LogP contribution in [-0.2, 0) is 36.2 Å². The van der Waals surface area contributed by atoms with Gasteiger partial charge in [-0.15, -0.1) is 81.2 Å². The molecule has 2 radical (unpaired) electrons. The third-order valence-corrected chi connectivity index (χ3v) is 4.88. The molecule has 0 spiro atoms. The molecule has 0 aliphatic rings. The van der Waals surface area contributed by atoms with Crippen LogP contribution in [0.3, 0.4) is 0 Å². The molecule has 0 nitrogen and oxygen atoms in total. The van der Waals surface area contributed by atoms with Crippen molar-refractivity contribution in [3.05, 3.63) is 113 Å². The molecule has 0 aliphatic carbocycles. The summed E-state index contributed by atoms with van der Waals surface area (Å²) in [6.45, 7) is 18.9. The molecule has 0 aliphatic heterocycles. The van der Waals surface area contributed by atoms with Crippen molar-refractivity contribution in [2.75, 3.05) is 0 Å². The Morgan fingerprint density at radius 2 is 0.941 bits per heavy atom. The van der Waals surface area contributed by atoms with E-state index in [4.69, 9.17) is 0 Å². The van der Waals surface area contributed by atoms with Crippen LogP contribution in [0.1, 0.15) is 64.5 Å². The van der Waals surface area contributed by atoms with Gasteiger partial charge in [-0.3, -0.25) is 0 Å². The predicted molar refractivity (Wildman–Crippen MR) is 157 cm³/mol. The van der Waals surface area contributed by atoms with Gasteiger partial charge in [0, 0.05) is 0 Å². The van der Waals surface area contributed by atoms with Crippen molar-refractivity contribution < 1.29 is 23.3 Å². The fourth-order valence-corrected chi connectivity index (χ4v) is 2.84. The minimum absolute atomic E-state index is 0. The molecule has 0 bridgehead atoms. The topological polar surface area (TPSA) is 0 Å². The average Bonchev–Trinajstić information content (AvgIpc) is 3.49. The normalized spacial score (nSPS) is 8.74. The molecule has 0 N–H and O–H groups in total. The van der Waals surface area contributed by atoms with Crippen molar-refractivity contribution >= 4 is 28.4 Å². The Bertz CT molecular complexity index is 800. The molecule has 0 unspecified atom stereocenters. The summed E-state index contributed by atoms with van der Waals surface area (Å²) in [5.41, 5.74) is 2.87. The van der Waals surface area contributed by atoms with E-state index in [1.807, 2.05) is 0 Å². The third kappa shape index (κ3) is 14.9. The molecule has 0 atom stereocenters. The number of hydrogen-bond donors (Lipinski definition) is 0. The summed E-state index contributed by atoms with van der Waals surface area (Å²) >= 11 is 1.36. The fraction of sp³-hybridized carbons (Fsp3) is 0.312. The second kappa shape index (κ2) is 24.9. The van der Waals surface area contributed by atoms with Crippen LogP contribution in [0.2, 0.25) is 0 Å². The van der Waals surface area contributed by atoms with Crippen molar-refractivity contribution in [1.29, 1.82) is 0 Å². The fourth-order valence-electron chi connectivity index (χ4n) is 2.84. The number of benzene rings is 2. The molecule has 188 valence electrons. The van der Waals surface area contributed by atoms with Crippen LogP contribution < -0.4 is 0 Å². The van der Waals surface area contributed by atoms with E-state index < -0.39 is 0 Å². The Morgan fingerprint density at radius 1 is 0.647 bits per heavy atom. The number of unbranched alkanes of at least 4 members (excludes halogenated alkanes) is 2. The van der Waals surface area contributed by atoms with Gasteiger partial charge >= 0.3 is 30.2 Å². The summed E-state index contributed by atoms with van der Waals surface area (Å²) < 4.78 is 0. The van der Waals surface area contributed by atoms with Gasteiger partial charge < -0.3 is 28.7 Å². The summed E-state index contributed by atoms with van der Waals surface area (Å²) in [6.07, 6.45) is 6.82.